The lowest BCUT2D eigenvalue weighted by Gasteiger charge is -2.20. The van der Waals surface area contributed by atoms with E-state index in [4.69, 9.17) is 9.26 Å². The van der Waals surface area contributed by atoms with Crippen molar-refractivity contribution in [1.29, 1.82) is 0 Å². The molecule has 1 amide bonds. The molecule has 0 bridgehead atoms. The Kier molecular flexibility index (Phi) is 6.79. The second-order valence-corrected chi connectivity index (χ2v) is 7.01. The molecule has 0 aromatic heterocycles. The predicted molar refractivity (Wildman–Crippen MR) is 82.5 cm³/mol. The molecule has 1 aromatic rings. The summed E-state index contributed by atoms with van der Waals surface area (Å²) in [6.45, 7) is 7.43. The van der Waals surface area contributed by atoms with Crippen LogP contribution in [-0.4, -0.2) is 24.1 Å². The monoisotopic (exact) mass is 312 g/mol. The van der Waals surface area contributed by atoms with Crippen LogP contribution in [0.1, 0.15) is 33.3 Å². The first kappa shape index (κ1) is 17.6. The molecule has 1 unspecified atom stereocenters. The number of ether oxygens (including phenoxy) is 1. The molecule has 0 heterocycles. The topological polar surface area (TPSA) is 64.6 Å². The van der Waals surface area contributed by atoms with Gasteiger partial charge >= 0.3 is 14.1 Å². The molecule has 2 atom stereocenters. The zero-order chi connectivity index (χ0) is 15.9. The summed E-state index contributed by atoms with van der Waals surface area (Å²) in [6, 6.07) is 9.53. The molecule has 0 saturated carbocycles. The summed E-state index contributed by atoms with van der Waals surface area (Å²) in [5.74, 6) is -0.614. The summed E-state index contributed by atoms with van der Waals surface area (Å²) in [5, 5.41) is 2.64. The van der Waals surface area contributed by atoms with E-state index in [1.54, 1.807) is 27.7 Å². The number of carbonyl (C=O) groups is 1. The molecule has 0 aliphatic rings. The molecule has 5 nitrogen and oxygen atoms in total. The van der Waals surface area contributed by atoms with Crippen molar-refractivity contribution in [1.82, 2.24) is 5.32 Å². The van der Waals surface area contributed by atoms with Gasteiger partial charge in [0, 0.05) is 6.42 Å². The van der Waals surface area contributed by atoms with Gasteiger partial charge in [0.05, 0.1) is 6.61 Å². The van der Waals surface area contributed by atoms with Crippen molar-refractivity contribution in [3.8, 4) is 0 Å². The van der Waals surface area contributed by atoms with Gasteiger partial charge in [-0.1, -0.05) is 30.3 Å². The van der Waals surface area contributed by atoms with Gasteiger partial charge in [-0.2, -0.15) is 0 Å². The maximum atomic E-state index is 12.1. The van der Waals surface area contributed by atoms with E-state index < -0.39 is 25.5 Å². The molecular weight excluding hydrogens is 289 g/mol. The number of hydrogen-bond acceptors (Lipinski definition) is 4. The number of amides is 1. The summed E-state index contributed by atoms with van der Waals surface area (Å²) >= 11 is 0. The second kappa shape index (κ2) is 8.11. The van der Waals surface area contributed by atoms with Gasteiger partial charge in [-0.05, 0) is 37.8 Å². The maximum Gasteiger partial charge on any atom is 0.533 e. The Bertz CT molecular complexity index is 470. The quantitative estimate of drug-likeness (QED) is 0.810. The normalized spacial score (nSPS) is 13.4. The number of benzene rings is 1. The van der Waals surface area contributed by atoms with E-state index in [1.807, 2.05) is 30.3 Å². The molecule has 0 spiro atoms. The SMILES string of the molecule is CCO[P+](=O)[C@H](Cc1ccccc1)NC(=O)OC(C)(C)C. The van der Waals surface area contributed by atoms with Gasteiger partial charge in [0.25, 0.3) is 5.78 Å². The largest absolute Gasteiger partial charge is 0.533 e. The number of alkyl carbamates (subject to hydrolysis) is 1. The molecular formula is C15H23NO4P+. The fraction of sp³-hybridized carbons (Fsp3) is 0.533. The molecule has 0 aliphatic carbocycles. The zero-order valence-corrected chi connectivity index (χ0v) is 13.9. The summed E-state index contributed by atoms with van der Waals surface area (Å²) < 4.78 is 22.5. The van der Waals surface area contributed by atoms with Gasteiger partial charge in [-0.25, -0.2) is 4.79 Å². The van der Waals surface area contributed by atoms with Crippen molar-refractivity contribution in [3.05, 3.63) is 35.9 Å². The lowest BCUT2D eigenvalue weighted by Crippen LogP contribution is -2.38. The van der Waals surface area contributed by atoms with E-state index in [9.17, 15) is 9.36 Å². The van der Waals surface area contributed by atoms with Crippen molar-refractivity contribution in [3.63, 3.8) is 0 Å². The molecule has 0 aliphatic heterocycles. The van der Waals surface area contributed by atoms with Crippen LogP contribution in [0, 0.1) is 0 Å². The van der Waals surface area contributed by atoms with Gasteiger partial charge in [0.2, 0.25) is 0 Å². The van der Waals surface area contributed by atoms with E-state index in [0.717, 1.165) is 5.56 Å². The summed E-state index contributed by atoms with van der Waals surface area (Å²) in [6.07, 6.45) is -0.165. The van der Waals surface area contributed by atoms with E-state index in [2.05, 4.69) is 5.32 Å². The number of hydrogen-bond donors (Lipinski definition) is 1. The van der Waals surface area contributed by atoms with Crippen LogP contribution in [0.4, 0.5) is 4.79 Å². The van der Waals surface area contributed by atoms with Crippen molar-refractivity contribution < 1.29 is 18.6 Å². The van der Waals surface area contributed by atoms with Crippen LogP contribution in [0.25, 0.3) is 0 Å². The van der Waals surface area contributed by atoms with Gasteiger partial charge < -0.3 is 4.74 Å². The molecule has 1 N–H and O–H groups in total. The van der Waals surface area contributed by atoms with Crippen LogP contribution in [0.5, 0.6) is 0 Å². The first-order valence-electron chi connectivity index (χ1n) is 6.94. The van der Waals surface area contributed by atoms with E-state index in [0.29, 0.717) is 13.0 Å². The van der Waals surface area contributed by atoms with Crippen molar-refractivity contribution in [2.75, 3.05) is 6.61 Å². The molecule has 21 heavy (non-hydrogen) atoms. The summed E-state index contributed by atoms with van der Waals surface area (Å²) in [7, 11) is -2.00. The highest BCUT2D eigenvalue weighted by molar-refractivity contribution is 7.40. The number of rotatable bonds is 6. The summed E-state index contributed by atoms with van der Waals surface area (Å²) in [5.41, 5.74) is 0.375. The molecule has 1 aromatic carbocycles. The number of carbonyl (C=O) groups excluding carboxylic acids is 1. The minimum absolute atomic E-state index is 0.330. The average molecular weight is 312 g/mol. The lowest BCUT2D eigenvalue weighted by atomic mass is 10.1. The minimum atomic E-state index is -2.00. The Morgan fingerprint density at radius 3 is 2.43 bits per heavy atom. The van der Waals surface area contributed by atoms with Gasteiger partial charge in [-0.3, -0.25) is 5.32 Å². The van der Waals surface area contributed by atoms with E-state index in [-0.39, 0.29) is 0 Å². The smallest absolute Gasteiger partial charge is 0.444 e. The van der Waals surface area contributed by atoms with E-state index in [1.165, 1.54) is 0 Å². The third-order valence-corrected chi connectivity index (χ3v) is 3.80. The lowest BCUT2D eigenvalue weighted by molar-refractivity contribution is 0.0517. The Labute approximate surface area is 126 Å². The van der Waals surface area contributed by atoms with E-state index >= 15 is 0 Å². The molecule has 0 radical (unpaired) electrons. The Balaban J connectivity index is 2.73. The van der Waals surface area contributed by atoms with Crippen LogP contribution in [0.2, 0.25) is 0 Å². The first-order chi connectivity index (χ1) is 9.81. The van der Waals surface area contributed by atoms with Crippen LogP contribution in [0.3, 0.4) is 0 Å². The summed E-state index contributed by atoms with van der Waals surface area (Å²) in [4.78, 5) is 11.9. The predicted octanol–water partition coefficient (Wildman–Crippen LogP) is 3.86. The average Bonchev–Trinajstić information content (AvgIpc) is 2.37. The Hall–Kier alpha value is -1.45. The molecule has 0 saturated heterocycles. The van der Waals surface area contributed by atoms with Crippen molar-refractivity contribution >= 4 is 14.1 Å². The molecule has 116 valence electrons. The third kappa shape index (κ3) is 7.21. The van der Waals surface area contributed by atoms with Gasteiger partial charge in [0.1, 0.15) is 5.60 Å². The molecule has 6 heteroatoms. The van der Waals surface area contributed by atoms with Crippen LogP contribution in [0.15, 0.2) is 30.3 Å². The molecule has 0 fully saturated rings. The zero-order valence-electron chi connectivity index (χ0n) is 13.0. The molecule has 1 rings (SSSR count). The van der Waals surface area contributed by atoms with Gasteiger partial charge in [-0.15, -0.1) is 4.52 Å². The van der Waals surface area contributed by atoms with Gasteiger partial charge in [0.15, 0.2) is 0 Å². The maximum absolute atomic E-state index is 12.1. The van der Waals surface area contributed by atoms with Crippen LogP contribution >= 0.6 is 8.03 Å². The highest BCUT2D eigenvalue weighted by atomic mass is 31.1. The van der Waals surface area contributed by atoms with Crippen LogP contribution in [-0.2, 0) is 20.2 Å². The minimum Gasteiger partial charge on any atom is -0.444 e. The first-order valence-corrected chi connectivity index (χ1v) is 8.19. The fourth-order valence-corrected chi connectivity index (χ4v) is 2.68. The third-order valence-electron chi connectivity index (χ3n) is 2.47. The Morgan fingerprint density at radius 1 is 1.29 bits per heavy atom. The number of nitrogens with one attached hydrogen (secondary N) is 1. The van der Waals surface area contributed by atoms with Crippen LogP contribution < -0.4 is 5.32 Å². The highest BCUT2D eigenvalue weighted by Gasteiger charge is 2.35. The van der Waals surface area contributed by atoms with Crippen molar-refractivity contribution in [2.24, 2.45) is 0 Å². The highest BCUT2D eigenvalue weighted by Crippen LogP contribution is 2.30. The standard InChI is InChI=1S/C15H22NO4P/c1-5-19-21(18)13(11-12-9-7-6-8-10-12)16-14(17)20-15(2,3)4/h6-10,13H,5,11H2,1-4H3/p+1/t13-/m1/s1. The second-order valence-electron chi connectivity index (χ2n) is 5.55. The Morgan fingerprint density at radius 2 is 1.90 bits per heavy atom. The fourth-order valence-electron chi connectivity index (χ4n) is 1.68. The van der Waals surface area contributed by atoms with Crippen molar-refractivity contribution in [2.45, 2.75) is 45.5 Å².